The molecule has 0 aliphatic heterocycles. The van der Waals surface area contributed by atoms with E-state index >= 15 is 0 Å². The van der Waals surface area contributed by atoms with Crippen LogP contribution in [0.1, 0.15) is 27.2 Å². The maximum atomic E-state index is 4.71. The molecule has 0 N–H and O–H groups in total. The van der Waals surface area contributed by atoms with Gasteiger partial charge in [-0.1, -0.05) is 32.5 Å². The summed E-state index contributed by atoms with van der Waals surface area (Å²) >= 11 is 4.71. The van der Waals surface area contributed by atoms with Gasteiger partial charge in [0.15, 0.2) is 0 Å². The molecule has 1 radical (unpaired) electrons. The van der Waals surface area contributed by atoms with Crippen molar-refractivity contribution in [1.29, 1.82) is 0 Å². The summed E-state index contributed by atoms with van der Waals surface area (Å²) in [5.74, 6) is 0.732. The first-order valence-corrected chi connectivity index (χ1v) is 4.28. The Morgan fingerprint density at radius 1 is 1.50 bits per heavy atom. The molecule has 0 spiro atoms. The average Bonchev–Trinajstić information content (AvgIpc) is 1.99. The van der Waals surface area contributed by atoms with Gasteiger partial charge in [-0.05, 0) is 12.8 Å². The third-order valence-electron chi connectivity index (χ3n) is 1.74. The second-order valence-electron chi connectivity index (χ2n) is 2.64. The Morgan fingerprint density at radius 3 is 2.40 bits per heavy atom. The lowest BCUT2D eigenvalue weighted by Gasteiger charge is -2.19. The average molecular weight is 158 g/mol. The lowest BCUT2D eigenvalue weighted by molar-refractivity contribution is 0.371. The van der Waals surface area contributed by atoms with Gasteiger partial charge in [-0.3, -0.25) is 0 Å². The van der Waals surface area contributed by atoms with Crippen molar-refractivity contribution >= 4 is 17.7 Å². The van der Waals surface area contributed by atoms with E-state index in [-0.39, 0.29) is 0 Å². The zero-order valence-electron chi connectivity index (χ0n) is 7.05. The van der Waals surface area contributed by atoms with Gasteiger partial charge < -0.3 is 4.90 Å². The van der Waals surface area contributed by atoms with Crippen molar-refractivity contribution in [2.45, 2.75) is 27.2 Å². The smallest absolute Gasteiger partial charge is 0.136 e. The number of thiocarbonyl (C=S) groups is 1. The van der Waals surface area contributed by atoms with E-state index in [9.17, 15) is 0 Å². The Hall–Kier alpha value is -0.110. The van der Waals surface area contributed by atoms with Crippen molar-refractivity contribution in [3.8, 4) is 0 Å². The fourth-order valence-corrected chi connectivity index (χ4v) is 0.940. The zero-order valence-corrected chi connectivity index (χ0v) is 7.87. The van der Waals surface area contributed by atoms with E-state index in [0.29, 0.717) is 0 Å². The monoisotopic (exact) mass is 158 g/mol. The highest BCUT2D eigenvalue weighted by Gasteiger charge is 2.02. The van der Waals surface area contributed by atoms with Crippen LogP contribution in [0.3, 0.4) is 0 Å². The molecule has 2 heteroatoms. The van der Waals surface area contributed by atoms with Gasteiger partial charge in [0, 0.05) is 13.1 Å². The van der Waals surface area contributed by atoms with Crippen LogP contribution >= 0.6 is 12.2 Å². The molecule has 1 nitrogen and oxygen atoms in total. The van der Waals surface area contributed by atoms with Gasteiger partial charge in [-0.15, -0.1) is 0 Å². The van der Waals surface area contributed by atoms with Gasteiger partial charge >= 0.3 is 0 Å². The summed E-state index contributed by atoms with van der Waals surface area (Å²) in [7, 11) is 0. The lowest BCUT2D eigenvalue weighted by Crippen LogP contribution is -2.25. The molecule has 0 aliphatic rings. The Labute approximate surface area is 69.4 Å². The van der Waals surface area contributed by atoms with Crippen molar-refractivity contribution < 1.29 is 0 Å². The highest BCUT2D eigenvalue weighted by Crippen LogP contribution is 2.01. The minimum absolute atomic E-state index is 0.732. The third-order valence-corrected chi connectivity index (χ3v) is 2.00. The molecule has 0 rings (SSSR count). The second-order valence-corrected chi connectivity index (χ2v) is 2.83. The van der Waals surface area contributed by atoms with Crippen LogP contribution in [0.2, 0.25) is 0 Å². The molecule has 59 valence electrons. The van der Waals surface area contributed by atoms with Crippen molar-refractivity contribution in [2.24, 2.45) is 5.92 Å². The minimum Gasteiger partial charge on any atom is -0.360 e. The van der Waals surface area contributed by atoms with Crippen LogP contribution in [-0.4, -0.2) is 23.5 Å². The van der Waals surface area contributed by atoms with Crippen molar-refractivity contribution in [3.05, 3.63) is 0 Å². The molecule has 0 aromatic rings. The molecule has 0 aromatic heterocycles. The fraction of sp³-hybridized carbons (Fsp3) is 0.875. The number of hydrogen-bond donors (Lipinski definition) is 0. The Bertz CT molecular complexity index is 93.3. The van der Waals surface area contributed by atoms with E-state index in [0.717, 1.165) is 19.0 Å². The lowest BCUT2D eigenvalue weighted by atomic mass is 10.1. The van der Waals surface area contributed by atoms with Crippen LogP contribution in [0.15, 0.2) is 0 Å². The standard InChI is InChI=1S/C8H16NS/c1-4-8(3)6-9(5-2)7-10/h8H,4-6H2,1-3H3. The Balaban J connectivity index is 3.51. The highest BCUT2D eigenvalue weighted by atomic mass is 32.1. The van der Waals surface area contributed by atoms with E-state index < -0.39 is 0 Å². The van der Waals surface area contributed by atoms with E-state index in [2.05, 4.69) is 26.3 Å². The number of rotatable bonds is 5. The molecular weight excluding hydrogens is 142 g/mol. The minimum atomic E-state index is 0.732. The van der Waals surface area contributed by atoms with Gasteiger partial charge in [0.1, 0.15) is 5.49 Å². The summed E-state index contributed by atoms with van der Waals surface area (Å²) in [6.07, 6.45) is 1.22. The quantitative estimate of drug-likeness (QED) is 0.446. The molecular formula is C8H16NS. The van der Waals surface area contributed by atoms with Gasteiger partial charge in [-0.25, -0.2) is 0 Å². The molecule has 10 heavy (non-hydrogen) atoms. The van der Waals surface area contributed by atoms with Gasteiger partial charge in [0.2, 0.25) is 0 Å². The van der Waals surface area contributed by atoms with Gasteiger partial charge in [-0.2, -0.15) is 0 Å². The molecule has 0 fully saturated rings. The van der Waals surface area contributed by atoms with Crippen LogP contribution in [0.4, 0.5) is 0 Å². The molecule has 0 saturated heterocycles. The molecule has 0 bridgehead atoms. The molecule has 0 aromatic carbocycles. The predicted molar refractivity (Wildman–Crippen MR) is 49.3 cm³/mol. The number of hydrogen-bond acceptors (Lipinski definition) is 1. The Morgan fingerprint density at radius 2 is 2.10 bits per heavy atom. The molecule has 0 aliphatic carbocycles. The largest absolute Gasteiger partial charge is 0.360 e. The number of nitrogens with zero attached hydrogens (tertiary/aromatic N) is 1. The Kier molecular flexibility index (Phi) is 5.60. The maximum Gasteiger partial charge on any atom is 0.136 e. The van der Waals surface area contributed by atoms with E-state index in [1.165, 1.54) is 6.42 Å². The first kappa shape index (κ1) is 9.89. The van der Waals surface area contributed by atoms with E-state index in [4.69, 9.17) is 12.2 Å². The third kappa shape index (κ3) is 3.83. The van der Waals surface area contributed by atoms with Crippen LogP contribution in [0, 0.1) is 5.92 Å². The van der Waals surface area contributed by atoms with Crippen LogP contribution in [-0.2, 0) is 0 Å². The summed E-state index contributed by atoms with van der Waals surface area (Å²) in [6, 6.07) is 0. The molecule has 1 atom stereocenters. The van der Waals surface area contributed by atoms with Crippen molar-refractivity contribution in [2.75, 3.05) is 13.1 Å². The van der Waals surface area contributed by atoms with Crippen LogP contribution in [0.5, 0.6) is 0 Å². The normalized spacial score (nSPS) is 12.7. The summed E-state index contributed by atoms with van der Waals surface area (Å²) < 4.78 is 0. The fourth-order valence-electron chi connectivity index (χ4n) is 0.736. The second kappa shape index (κ2) is 5.66. The summed E-state index contributed by atoms with van der Waals surface area (Å²) in [5.41, 5.74) is 2.73. The highest BCUT2D eigenvalue weighted by molar-refractivity contribution is 7.78. The van der Waals surface area contributed by atoms with Crippen LogP contribution in [0.25, 0.3) is 0 Å². The molecule has 1 unspecified atom stereocenters. The van der Waals surface area contributed by atoms with E-state index in [1.807, 2.05) is 4.90 Å². The van der Waals surface area contributed by atoms with Gasteiger partial charge in [0.05, 0.1) is 0 Å². The summed E-state index contributed by atoms with van der Waals surface area (Å²) in [6.45, 7) is 8.56. The predicted octanol–water partition coefficient (Wildman–Crippen LogP) is 2.19. The summed E-state index contributed by atoms with van der Waals surface area (Å²) in [4.78, 5) is 2.05. The SMILES string of the molecule is CCC(C)CN([C]=S)CC. The van der Waals surface area contributed by atoms with Crippen LogP contribution < -0.4 is 0 Å². The molecule has 0 heterocycles. The molecule has 0 amide bonds. The van der Waals surface area contributed by atoms with Crippen molar-refractivity contribution in [3.63, 3.8) is 0 Å². The van der Waals surface area contributed by atoms with Crippen molar-refractivity contribution in [1.82, 2.24) is 4.90 Å². The maximum absolute atomic E-state index is 4.71. The topological polar surface area (TPSA) is 3.24 Å². The molecule has 0 saturated carbocycles. The first-order valence-electron chi connectivity index (χ1n) is 3.87. The van der Waals surface area contributed by atoms with E-state index in [1.54, 1.807) is 0 Å². The van der Waals surface area contributed by atoms with Gasteiger partial charge in [0.25, 0.3) is 0 Å². The summed E-state index contributed by atoms with van der Waals surface area (Å²) in [5, 5.41) is 0. The first-order chi connectivity index (χ1) is 4.74. The zero-order chi connectivity index (χ0) is 7.98.